The van der Waals surface area contributed by atoms with Gasteiger partial charge in [0.05, 0.1) is 11.5 Å². The zero-order valence-electron chi connectivity index (χ0n) is 12.1. The maximum absolute atomic E-state index is 11.6. The first kappa shape index (κ1) is 15.4. The highest BCUT2D eigenvalue weighted by Gasteiger charge is 2.18. The first-order valence-electron chi connectivity index (χ1n) is 6.65. The molecule has 2 rings (SSSR count). The average Bonchev–Trinajstić information content (AvgIpc) is 2.95. The largest absolute Gasteiger partial charge is 0.463 e. The molecule has 0 aliphatic carbocycles. The summed E-state index contributed by atoms with van der Waals surface area (Å²) in [6.45, 7) is 5.65. The molecule has 22 heavy (non-hydrogen) atoms. The van der Waals surface area contributed by atoms with Crippen LogP contribution < -0.4 is 0 Å². The maximum Gasteiger partial charge on any atom is 0.333 e. The van der Waals surface area contributed by atoms with Crippen molar-refractivity contribution in [3.8, 4) is 5.69 Å². The highest BCUT2D eigenvalue weighted by molar-refractivity contribution is 5.88. The second kappa shape index (κ2) is 6.66. The fourth-order valence-electron chi connectivity index (χ4n) is 2.00. The summed E-state index contributed by atoms with van der Waals surface area (Å²) >= 11 is 0. The number of hydrogen-bond donors (Lipinski definition) is 0. The van der Waals surface area contributed by atoms with Gasteiger partial charge in [-0.2, -0.15) is 0 Å². The Morgan fingerprint density at radius 3 is 2.86 bits per heavy atom. The van der Waals surface area contributed by atoms with Gasteiger partial charge < -0.3 is 4.74 Å². The van der Waals surface area contributed by atoms with Crippen molar-refractivity contribution in [3.05, 3.63) is 64.7 Å². The van der Waals surface area contributed by atoms with Crippen LogP contribution in [-0.4, -0.2) is 27.1 Å². The predicted molar refractivity (Wildman–Crippen MR) is 79.7 cm³/mol. The van der Waals surface area contributed by atoms with Crippen LogP contribution >= 0.6 is 0 Å². The van der Waals surface area contributed by atoms with Gasteiger partial charge in [-0.1, -0.05) is 18.7 Å². The van der Waals surface area contributed by atoms with Gasteiger partial charge in [0.1, 0.15) is 11.5 Å². The smallest absolute Gasteiger partial charge is 0.333 e. The van der Waals surface area contributed by atoms with E-state index in [0.717, 1.165) is 0 Å². The van der Waals surface area contributed by atoms with Crippen LogP contribution in [0.25, 0.3) is 5.69 Å². The summed E-state index contributed by atoms with van der Waals surface area (Å²) in [4.78, 5) is 26.4. The number of carbonyl (C=O) groups is 1. The second-order valence-corrected chi connectivity index (χ2v) is 4.46. The van der Waals surface area contributed by atoms with Crippen molar-refractivity contribution < 1.29 is 14.5 Å². The quantitative estimate of drug-likeness (QED) is 0.354. The van der Waals surface area contributed by atoms with Crippen molar-refractivity contribution in [1.82, 2.24) is 9.55 Å². The monoisotopic (exact) mass is 301 g/mol. The standard InChI is InChI=1S/C15H15N3O4/c1-3-22-15(19)11(2)10-14-16-8-9-17(14)12-6-4-5-7-13(12)18(20)21/h4-9H,2-3,10H2,1H3. The molecule has 0 atom stereocenters. The van der Waals surface area contributed by atoms with Crippen LogP contribution in [0.4, 0.5) is 5.69 Å². The number of nitro groups is 1. The van der Waals surface area contributed by atoms with Crippen molar-refractivity contribution in [2.24, 2.45) is 0 Å². The van der Waals surface area contributed by atoms with Crippen LogP contribution in [0.1, 0.15) is 12.7 Å². The first-order chi connectivity index (χ1) is 10.5. The molecule has 0 spiro atoms. The molecule has 114 valence electrons. The highest BCUT2D eigenvalue weighted by atomic mass is 16.6. The summed E-state index contributed by atoms with van der Waals surface area (Å²) < 4.78 is 6.45. The first-order valence-corrected chi connectivity index (χ1v) is 6.65. The molecule has 0 saturated heterocycles. The van der Waals surface area contributed by atoms with E-state index in [2.05, 4.69) is 11.6 Å². The third kappa shape index (κ3) is 3.20. The number of ether oxygens (including phenoxy) is 1. The summed E-state index contributed by atoms with van der Waals surface area (Å²) in [5, 5.41) is 11.1. The molecule has 0 amide bonds. The molecule has 0 N–H and O–H groups in total. The van der Waals surface area contributed by atoms with E-state index in [4.69, 9.17) is 4.74 Å². The molecule has 0 unspecified atom stereocenters. The van der Waals surface area contributed by atoms with Gasteiger partial charge in [-0.05, 0) is 13.0 Å². The van der Waals surface area contributed by atoms with Crippen molar-refractivity contribution >= 4 is 11.7 Å². The average molecular weight is 301 g/mol. The number of imidazole rings is 1. The number of hydrogen-bond acceptors (Lipinski definition) is 5. The van der Waals surface area contributed by atoms with E-state index in [1.54, 1.807) is 35.9 Å². The lowest BCUT2D eigenvalue weighted by Crippen LogP contribution is -2.12. The molecule has 1 aromatic heterocycles. The van der Waals surface area contributed by atoms with Crippen LogP contribution in [0.15, 0.2) is 48.8 Å². The lowest BCUT2D eigenvalue weighted by molar-refractivity contribution is -0.384. The Hall–Kier alpha value is -2.96. The minimum absolute atomic E-state index is 0.0384. The van der Waals surface area contributed by atoms with Crippen molar-refractivity contribution in [3.63, 3.8) is 0 Å². The number of esters is 1. The van der Waals surface area contributed by atoms with Crippen molar-refractivity contribution in [2.75, 3.05) is 6.61 Å². The van der Waals surface area contributed by atoms with Crippen LogP contribution in [0, 0.1) is 10.1 Å². The molecule has 0 aliphatic rings. The number of benzene rings is 1. The van der Waals surface area contributed by atoms with E-state index < -0.39 is 10.9 Å². The molecule has 1 aromatic carbocycles. The Labute approximate surface area is 127 Å². The Balaban J connectivity index is 2.33. The van der Waals surface area contributed by atoms with Gasteiger partial charge in [0.15, 0.2) is 0 Å². The fourth-order valence-corrected chi connectivity index (χ4v) is 2.00. The van der Waals surface area contributed by atoms with Gasteiger partial charge in [-0.15, -0.1) is 0 Å². The van der Waals surface area contributed by atoms with Crippen LogP contribution in [0.3, 0.4) is 0 Å². The molecular weight excluding hydrogens is 286 g/mol. The van der Waals surface area contributed by atoms with Crippen LogP contribution in [0.2, 0.25) is 0 Å². The molecule has 1 heterocycles. The van der Waals surface area contributed by atoms with E-state index in [1.807, 2.05) is 0 Å². The van der Waals surface area contributed by atoms with E-state index in [9.17, 15) is 14.9 Å². The van der Waals surface area contributed by atoms with E-state index in [1.165, 1.54) is 12.3 Å². The number of nitrogens with zero attached hydrogens (tertiary/aromatic N) is 3. The number of nitro benzene ring substituents is 1. The highest BCUT2D eigenvalue weighted by Crippen LogP contribution is 2.24. The lowest BCUT2D eigenvalue weighted by atomic mass is 10.2. The number of aromatic nitrogens is 2. The van der Waals surface area contributed by atoms with Gasteiger partial charge in [0.25, 0.3) is 5.69 Å². The number of rotatable bonds is 6. The summed E-state index contributed by atoms with van der Waals surface area (Å²) in [6, 6.07) is 6.33. The predicted octanol–water partition coefficient (Wildman–Crippen LogP) is 2.44. The lowest BCUT2D eigenvalue weighted by Gasteiger charge is -2.09. The normalized spacial score (nSPS) is 10.2. The molecule has 0 aliphatic heterocycles. The zero-order chi connectivity index (χ0) is 16.1. The zero-order valence-corrected chi connectivity index (χ0v) is 12.1. The summed E-state index contributed by atoms with van der Waals surface area (Å²) in [5.74, 6) is -0.0213. The van der Waals surface area contributed by atoms with Crippen LogP contribution in [-0.2, 0) is 16.0 Å². The SMILES string of the molecule is C=C(Cc1nccn1-c1ccccc1[N+](=O)[O-])C(=O)OCC. The molecule has 0 fully saturated rings. The summed E-state index contributed by atoms with van der Waals surface area (Å²) in [6.07, 6.45) is 3.28. The second-order valence-electron chi connectivity index (χ2n) is 4.46. The topological polar surface area (TPSA) is 87.3 Å². The van der Waals surface area contributed by atoms with E-state index in [0.29, 0.717) is 11.5 Å². The van der Waals surface area contributed by atoms with Gasteiger partial charge in [0.2, 0.25) is 0 Å². The van der Waals surface area contributed by atoms with Gasteiger partial charge >= 0.3 is 5.97 Å². The summed E-state index contributed by atoms with van der Waals surface area (Å²) in [5.41, 5.74) is 0.591. The minimum Gasteiger partial charge on any atom is -0.463 e. The van der Waals surface area contributed by atoms with Crippen molar-refractivity contribution in [1.29, 1.82) is 0 Å². The number of para-hydroxylation sites is 2. The minimum atomic E-state index is -0.500. The third-order valence-corrected chi connectivity index (χ3v) is 2.99. The van der Waals surface area contributed by atoms with Crippen molar-refractivity contribution in [2.45, 2.75) is 13.3 Å². The summed E-state index contributed by atoms with van der Waals surface area (Å²) in [7, 11) is 0. The Kier molecular flexibility index (Phi) is 4.67. The Morgan fingerprint density at radius 2 is 2.18 bits per heavy atom. The maximum atomic E-state index is 11.6. The molecule has 7 nitrogen and oxygen atoms in total. The molecule has 2 aromatic rings. The molecular formula is C15H15N3O4. The molecule has 0 saturated carbocycles. The molecule has 0 radical (unpaired) electrons. The Morgan fingerprint density at radius 1 is 1.45 bits per heavy atom. The number of carbonyl (C=O) groups excluding carboxylic acids is 1. The third-order valence-electron chi connectivity index (χ3n) is 2.99. The van der Waals surface area contributed by atoms with Crippen LogP contribution in [0.5, 0.6) is 0 Å². The van der Waals surface area contributed by atoms with Gasteiger partial charge in [-0.25, -0.2) is 9.78 Å². The van der Waals surface area contributed by atoms with E-state index >= 15 is 0 Å². The Bertz CT molecular complexity index is 721. The van der Waals surface area contributed by atoms with E-state index in [-0.39, 0.29) is 24.3 Å². The van der Waals surface area contributed by atoms with Gasteiger partial charge in [-0.3, -0.25) is 14.7 Å². The van der Waals surface area contributed by atoms with Gasteiger partial charge in [0, 0.05) is 30.5 Å². The fraction of sp³-hybridized carbons (Fsp3) is 0.200. The molecule has 7 heteroatoms. The molecule has 0 bridgehead atoms.